The van der Waals surface area contributed by atoms with Crippen molar-refractivity contribution < 1.29 is 17.0 Å². The summed E-state index contributed by atoms with van der Waals surface area (Å²) in [5, 5.41) is 0. The number of halogens is 1. The molecule has 0 radical (unpaired) electrons. The van der Waals surface area contributed by atoms with Gasteiger partial charge in [0.05, 0.1) is 0 Å². The molecule has 0 atom stereocenters. The van der Waals surface area contributed by atoms with E-state index in [2.05, 4.69) is 138 Å². The number of benzene rings is 4. The summed E-state index contributed by atoms with van der Waals surface area (Å²) in [5.41, 5.74) is 8.59. The zero-order chi connectivity index (χ0) is 20.9. The lowest BCUT2D eigenvalue weighted by Gasteiger charge is -2.13. The minimum Gasteiger partial charge on any atom is -1.00 e. The molecule has 0 aliphatic carbocycles. The van der Waals surface area contributed by atoms with Gasteiger partial charge in [-0.05, 0) is 35.4 Å². The third-order valence-corrected chi connectivity index (χ3v) is 5.60. The molecular weight excluding hydrogens is 410 g/mol. The Morgan fingerprint density at radius 2 is 0.781 bits per heavy atom. The average molecular weight is 434 g/mol. The van der Waals surface area contributed by atoms with Crippen molar-refractivity contribution in [2.45, 2.75) is 6.54 Å². The van der Waals surface area contributed by atoms with E-state index in [1.807, 2.05) is 0 Å². The summed E-state index contributed by atoms with van der Waals surface area (Å²) >= 11 is 0. The van der Waals surface area contributed by atoms with Gasteiger partial charge in [0, 0.05) is 28.8 Å². The molecule has 2 heteroatoms. The van der Waals surface area contributed by atoms with Crippen LogP contribution in [0.5, 0.6) is 0 Å². The number of rotatable bonds is 5. The van der Waals surface area contributed by atoms with Crippen LogP contribution >= 0.6 is 0 Å². The highest BCUT2D eigenvalue weighted by atomic mass is 35.5. The quantitative estimate of drug-likeness (QED) is 0.368. The van der Waals surface area contributed by atoms with Crippen molar-refractivity contribution in [1.29, 1.82) is 0 Å². The zero-order valence-corrected chi connectivity index (χ0v) is 18.5. The molecule has 0 aliphatic rings. The molecule has 156 valence electrons. The molecule has 1 heterocycles. The maximum absolute atomic E-state index is 2.44. The van der Waals surface area contributed by atoms with Crippen molar-refractivity contribution in [2.24, 2.45) is 0 Å². The summed E-state index contributed by atoms with van der Waals surface area (Å²) in [4.78, 5) is 0. The van der Waals surface area contributed by atoms with E-state index in [0.29, 0.717) is 0 Å². The number of nitrogens with zero attached hydrogens (tertiary/aromatic N) is 1. The fraction of sp³-hybridized carbons (Fsp3) is 0.0333. The Morgan fingerprint density at radius 3 is 1.22 bits per heavy atom. The van der Waals surface area contributed by atoms with Gasteiger partial charge < -0.3 is 12.4 Å². The lowest BCUT2D eigenvalue weighted by Crippen LogP contribution is -3.00. The largest absolute Gasteiger partial charge is 1.00 e. The van der Waals surface area contributed by atoms with Gasteiger partial charge in [-0.25, -0.2) is 0 Å². The first-order valence-electron chi connectivity index (χ1n) is 10.7. The molecular formula is C30H24ClN. The Balaban J connectivity index is 0.00000245. The minimum absolute atomic E-state index is 0. The lowest BCUT2D eigenvalue weighted by atomic mass is 9.98. The number of hydrogen-bond acceptors (Lipinski definition) is 0. The molecule has 1 nitrogen and oxygen atoms in total. The molecule has 5 aromatic rings. The van der Waals surface area contributed by atoms with Gasteiger partial charge in [-0.2, -0.15) is 4.57 Å². The van der Waals surface area contributed by atoms with Crippen LogP contribution in [0, 0.1) is 0 Å². The van der Waals surface area contributed by atoms with Crippen LogP contribution in [0.4, 0.5) is 0 Å². The van der Waals surface area contributed by atoms with Gasteiger partial charge in [-0.15, -0.1) is 0 Å². The van der Waals surface area contributed by atoms with Gasteiger partial charge in [-0.1, -0.05) is 97.1 Å². The molecule has 0 bridgehead atoms. The third kappa shape index (κ3) is 4.64. The van der Waals surface area contributed by atoms with Crippen LogP contribution in [0.1, 0.15) is 5.56 Å². The molecule has 0 saturated heterocycles. The summed E-state index contributed by atoms with van der Waals surface area (Å²) in [7, 11) is 0. The van der Waals surface area contributed by atoms with Gasteiger partial charge in [0.2, 0.25) is 11.4 Å². The molecule has 0 N–H and O–H groups in total. The van der Waals surface area contributed by atoms with Gasteiger partial charge in [0.25, 0.3) is 0 Å². The summed E-state index contributed by atoms with van der Waals surface area (Å²) in [6.07, 6.45) is 0. The molecule has 1 aromatic heterocycles. The highest BCUT2D eigenvalue weighted by molar-refractivity contribution is 5.73. The van der Waals surface area contributed by atoms with Gasteiger partial charge in [0.1, 0.15) is 0 Å². The van der Waals surface area contributed by atoms with Crippen molar-refractivity contribution in [1.82, 2.24) is 0 Å². The van der Waals surface area contributed by atoms with Crippen LogP contribution < -0.4 is 17.0 Å². The highest BCUT2D eigenvalue weighted by Gasteiger charge is 2.22. The van der Waals surface area contributed by atoms with Crippen molar-refractivity contribution >= 4 is 0 Å². The van der Waals surface area contributed by atoms with Crippen molar-refractivity contribution in [3.05, 3.63) is 139 Å². The molecule has 32 heavy (non-hydrogen) atoms. The second-order valence-corrected chi connectivity index (χ2v) is 7.68. The number of aromatic nitrogens is 1. The maximum Gasteiger partial charge on any atom is 0.213 e. The third-order valence-electron chi connectivity index (χ3n) is 5.60. The lowest BCUT2D eigenvalue weighted by molar-refractivity contribution is -0.666. The molecule has 0 amide bonds. The summed E-state index contributed by atoms with van der Waals surface area (Å²) < 4.78 is 2.44. The molecule has 4 aromatic carbocycles. The normalized spacial score (nSPS) is 10.4. The van der Waals surface area contributed by atoms with Crippen LogP contribution in [0.15, 0.2) is 133 Å². The summed E-state index contributed by atoms with van der Waals surface area (Å²) in [6, 6.07) is 47.3. The fourth-order valence-electron chi connectivity index (χ4n) is 4.05. The van der Waals surface area contributed by atoms with E-state index in [-0.39, 0.29) is 12.4 Å². The standard InChI is InChI=1S/C30H24N.ClH/c1-5-13-24(14-6-1)23-31-29(26-17-9-3-10-18-26)21-28(25-15-7-2-8-16-25)22-30(31)27-19-11-4-12-20-27;/h1-22H,23H2;1H/q+1;/p-1. The van der Waals surface area contributed by atoms with E-state index in [0.717, 1.165) is 6.54 Å². The first-order valence-corrected chi connectivity index (χ1v) is 10.7. The monoisotopic (exact) mass is 433 g/mol. The highest BCUT2D eigenvalue weighted by Crippen LogP contribution is 2.29. The van der Waals surface area contributed by atoms with Crippen LogP contribution in [0.25, 0.3) is 33.6 Å². The predicted octanol–water partition coefficient (Wildman–Crippen LogP) is 4.03. The van der Waals surface area contributed by atoms with Crippen molar-refractivity contribution in [2.75, 3.05) is 0 Å². The van der Waals surface area contributed by atoms with Crippen LogP contribution in [-0.4, -0.2) is 0 Å². The van der Waals surface area contributed by atoms with Gasteiger partial charge in [-0.3, -0.25) is 0 Å². The number of hydrogen-bond donors (Lipinski definition) is 0. The van der Waals surface area contributed by atoms with Crippen LogP contribution in [0.2, 0.25) is 0 Å². The van der Waals surface area contributed by atoms with E-state index < -0.39 is 0 Å². The Labute approximate surface area is 196 Å². The first kappa shape index (κ1) is 21.5. The first-order chi connectivity index (χ1) is 15.4. The van der Waals surface area contributed by atoms with Gasteiger partial charge in [0.15, 0.2) is 6.54 Å². The van der Waals surface area contributed by atoms with Crippen LogP contribution in [-0.2, 0) is 6.54 Å². The molecule has 0 saturated carbocycles. The smallest absolute Gasteiger partial charge is 0.213 e. The molecule has 0 fully saturated rings. The zero-order valence-electron chi connectivity index (χ0n) is 17.7. The van der Waals surface area contributed by atoms with E-state index in [1.165, 1.54) is 39.2 Å². The second kappa shape index (κ2) is 10.1. The molecule has 0 aliphatic heterocycles. The fourth-order valence-corrected chi connectivity index (χ4v) is 4.05. The SMILES string of the molecule is [Cl-].c1ccc(C[n+]2c(-c3ccccc3)cc(-c3ccccc3)cc2-c2ccccc2)cc1. The average Bonchev–Trinajstić information content (AvgIpc) is 2.86. The molecule has 0 spiro atoms. The van der Waals surface area contributed by atoms with E-state index in [9.17, 15) is 0 Å². The summed E-state index contributed by atoms with van der Waals surface area (Å²) in [5.74, 6) is 0. The number of pyridine rings is 1. The molecule has 5 rings (SSSR count). The summed E-state index contributed by atoms with van der Waals surface area (Å²) in [6.45, 7) is 0.810. The van der Waals surface area contributed by atoms with E-state index in [1.54, 1.807) is 0 Å². The van der Waals surface area contributed by atoms with E-state index >= 15 is 0 Å². The second-order valence-electron chi connectivity index (χ2n) is 7.68. The minimum atomic E-state index is 0. The predicted molar refractivity (Wildman–Crippen MR) is 128 cm³/mol. The van der Waals surface area contributed by atoms with Crippen molar-refractivity contribution in [3.63, 3.8) is 0 Å². The Hall–Kier alpha value is -3.68. The molecule has 0 unspecified atom stereocenters. The van der Waals surface area contributed by atoms with Gasteiger partial charge >= 0.3 is 0 Å². The maximum atomic E-state index is 2.44. The Kier molecular flexibility index (Phi) is 6.79. The van der Waals surface area contributed by atoms with E-state index in [4.69, 9.17) is 0 Å². The Morgan fingerprint density at radius 1 is 0.406 bits per heavy atom. The van der Waals surface area contributed by atoms with Crippen molar-refractivity contribution in [3.8, 4) is 33.6 Å². The Bertz CT molecular complexity index is 1210. The topological polar surface area (TPSA) is 3.88 Å². The van der Waals surface area contributed by atoms with Crippen LogP contribution in [0.3, 0.4) is 0 Å².